The van der Waals surface area contributed by atoms with Crippen LogP contribution in [0.15, 0.2) is 48.5 Å². The van der Waals surface area contributed by atoms with Crippen molar-refractivity contribution in [1.29, 1.82) is 0 Å². The maximum atomic E-state index is 12.1. The molecule has 0 spiro atoms. The molecule has 2 aromatic rings. The molecule has 2 aromatic carbocycles. The van der Waals surface area contributed by atoms with E-state index < -0.39 is 6.61 Å². The van der Waals surface area contributed by atoms with Gasteiger partial charge in [0.1, 0.15) is 5.75 Å². The number of carbonyl (C=O) groups excluding carboxylic acids is 1. The molecule has 25 heavy (non-hydrogen) atoms. The lowest BCUT2D eigenvalue weighted by Gasteiger charge is -2.09. The van der Waals surface area contributed by atoms with Crippen molar-refractivity contribution in [3.63, 3.8) is 0 Å². The number of rotatable bonds is 9. The van der Waals surface area contributed by atoms with E-state index in [4.69, 9.17) is 4.74 Å². The Hall–Kier alpha value is -2.67. The van der Waals surface area contributed by atoms with Crippen molar-refractivity contribution >= 4 is 11.6 Å². The van der Waals surface area contributed by atoms with Gasteiger partial charge in [-0.05, 0) is 42.0 Å². The standard InChI is InChI=1S/C18H20F2N2O3/c1-24-11-10-21-15-6-2-13(3-7-15)12-22-17(23)14-4-8-16(9-5-14)25-18(19)20/h2-9,18,21H,10-12H2,1H3,(H,22,23). The van der Waals surface area contributed by atoms with Crippen LogP contribution in [0.5, 0.6) is 5.75 Å². The first-order valence-corrected chi connectivity index (χ1v) is 7.73. The number of hydrogen-bond donors (Lipinski definition) is 2. The fraction of sp³-hybridized carbons (Fsp3) is 0.278. The molecular formula is C18H20F2N2O3. The predicted octanol–water partition coefficient (Wildman–Crippen LogP) is 3.28. The predicted molar refractivity (Wildman–Crippen MR) is 91.1 cm³/mol. The van der Waals surface area contributed by atoms with Crippen LogP contribution >= 0.6 is 0 Å². The molecular weight excluding hydrogens is 330 g/mol. The van der Waals surface area contributed by atoms with Crippen molar-refractivity contribution in [3.8, 4) is 5.75 Å². The van der Waals surface area contributed by atoms with E-state index in [0.717, 1.165) is 17.8 Å². The van der Waals surface area contributed by atoms with E-state index in [1.54, 1.807) is 7.11 Å². The largest absolute Gasteiger partial charge is 0.435 e. The van der Waals surface area contributed by atoms with Crippen molar-refractivity contribution in [2.45, 2.75) is 13.2 Å². The number of carbonyl (C=O) groups is 1. The number of methoxy groups -OCH3 is 1. The summed E-state index contributed by atoms with van der Waals surface area (Å²) >= 11 is 0. The Morgan fingerprint density at radius 2 is 1.76 bits per heavy atom. The molecule has 0 aliphatic carbocycles. The summed E-state index contributed by atoms with van der Waals surface area (Å²) in [7, 11) is 1.65. The number of nitrogens with one attached hydrogen (secondary N) is 2. The SMILES string of the molecule is COCCNc1ccc(CNC(=O)c2ccc(OC(F)F)cc2)cc1. The van der Waals surface area contributed by atoms with Gasteiger partial charge in [0.25, 0.3) is 5.91 Å². The number of halogens is 2. The number of hydrogen-bond acceptors (Lipinski definition) is 4. The topological polar surface area (TPSA) is 59.6 Å². The molecule has 0 unspecified atom stereocenters. The van der Waals surface area contributed by atoms with Crippen molar-refractivity contribution in [2.75, 3.05) is 25.6 Å². The van der Waals surface area contributed by atoms with Gasteiger partial charge in [-0.15, -0.1) is 0 Å². The van der Waals surface area contributed by atoms with Gasteiger partial charge in [-0.3, -0.25) is 4.79 Å². The van der Waals surface area contributed by atoms with Crippen LogP contribution in [-0.2, 0) is 11.3 Å². The normalized spacial score (nSPS) is 10.6. The minimum absolute atomic E-state index is 0.0168. The summed E-state index contributed by atoms with van der Waals surface area (Å²) in [6.07, 6.45) is 0. The third kappa shape index (κ3) is 6.39. The van der Waals surface area contributed by atoms with Gasteiger partial charge in [-0.1, -0.05) is 12.1 Å². The summed E-state index contributed by atoms with van der Waals surface area (Å²) in [6.45, 7) is -1.17. The molecule has 0 aliphatic rings. The van der Waals surface area contributed by atoms with Gasteiger partial charge in [0, 0.05) is 31.5 Å². The van der Waals surface area contributed by atoms with Crippen molar-refractivity contribution in [3.05, 3.63) is 59.7 Å². The van der Waals surface area contributed by atoms with Gasteiger partial charge in [0.05, 0.1) is 6.61 Å². The minimum Gasteiger partial charge on any atom is -0.435 e. The Kier molecular flexibility index (Phi) is 7.16. The average molecular weight is 350 g/mol. The van der Waals surface area contributed by atoms with Crippen LogP contribution in [0.3, 0.4) is 0 Å². The lowest BCUT2D eigenvalue weighted by Crippen LogP contribution is -2.22. The highest BCUT2D eigenvalue weighted by atomic mass is 19.3. The van der Waals surface area contributed by atoms with Crippen LogP contribution in [0.4, 0.5) is 14.5 Å². The van der Waals surface area contributed by atoms with Gasteiger partial charge in [0.15, 0.2) is 0 Å². The third-order valence-electron chi connectivity index (χ3n) is 3.38. The highest BCUT2D eigenvalue weighted by Crippen LogP contribution is 2.15. The molecule has 2 N–H and O–H groups in total. The van der Waals surface area contributed by atoms with Crippen LogP contribution in [0.2, 0.25) is 0 Å². The van der Waals surface area contributed by atoms with Crippen LogP contribution in [-0.4, -0.2) is 32.8 Å². The number of ether oxygens (including phenoxy) is 2. The summed E-state index contributed by atoms with van der Waals surface area (Å²) in [4.78, 5) is 12.1. The lowest BCUT2D eigenvalue weighted by molar-refractivity contribution is -0.0498. The summed E-state index contributed by atoms with van der Waals surface area (Å²) in [6, 6.07) is 13.2. The summed E-state index contributed by atoms with van der Waals surface area (Å²) in [5, 5.41) is 5.98. The van der Waals surface area contributed by atoms with E-state index in [-0.39, 0.29) is 11.7 Å². The molecule has 2 rings (SSSR count). The van der Waals surface area contributed by atoms with E-state index in [1.165, 1.54) is 24.3 Å². The van der Waals surface area contributed by atoms with E-state index in [9.17, 15) is 13.6 Å². The third-order valence-corrected chi connectivity index (χ3v) is 3.38. The van der Waals surface area contributed by atoms with E-state index >= 15 is 0 Å². The van der Waals surface area contributed by atoms with Gasteiger partial charge in [0.2, 0.25) is 0 Å². The number of alkyl halides is 2. The first-order valence-electron chi connectivity index (χ1n) is 7.73. The molecule has 1 amide bonds. The molecule has 0 radical (unpaired) electrons. The molecule has 0 bridgehead atoms. The Labute approximate surface area is 144 Å². The maximum Gasteiger partial charge on any atom is 0.387 e. The van der Waals surface area contributed by atoms with Gasteiger partial charge in [-0.2, -0.15) is 8.78 Å². The van der Waals surface area contributed by atoms with Crippen LogP contribution in [0, 0.1) is 0 Å². The molecule has 0 saturated heterocycles. The zero-order valence-corrected chi connectivity index (χ0v) is 13.8. The number of benzene rings is 2. The molecule has 0 heterocycles. The quantitative estimate of drug-likeness (QED) is 0.682. The summed E-state index contributed by atoms with van der Waals surface area (Å²) in [5.41, 5.74) is 2.30. The highest BCUT2D eigenvalue weighted by molar-refractivity contribution is 5.94. The molecule has 0 saturated carbocycles. The summed E-state index contributed by atoms with van der Waals surface area (Å²) < 4.78 is 33.4. The van der Waals surface area contributed by atoms with Crippen LogP contribution in [0.25, 0.3) is 0 Å². The monoisotopic (exact) mass is 350 g/mol. The first kappa shape index (κ1) is 18.7. The van der Waals surface area contributed by atoms with Crippen molar-refractivity contribution in [2.24, 2.45) is 0 Å². The van der Waals surface area contributed by atoms with Gasteiger partial charge >= 0.3 is 6.61 Å². The maximum absolute atomic E-state index is 12.1. The van der Waals surface area contributed by atoms with E-state index in [0.29, 0.717) is 18.7 Å². The Morgan fingerprint density at radius 3 is 2.36 bits per heavy atom. The zero-order valence-electron chi connectivity index (χ0n) is 13.8. The Bertz CT molecular complexity index is 661. The molecule has 134 valence electrons. The second-order valence-corrected chi connectivity index (χ2v) is 5.20. The molecule has 5 nitrogen and oxygen atoms in total. The molecule has 0 aliphatic heterocycles. The molecule has 0 atom stereocenters. The molecule has 0 aromatic heterocycles. The van der Waals surface area contributed by atoms with Crippen LogP contribution < -0.4 is 15.4 Å². The highest BCUT2D eigenvalue weighted by Gasteiger charge is 2.08. The van der Waals surface area contributed by atoms with Crippen molar-refractivity contribution in [1.82, 2.24) is 5.32 Å². The first-order chi connectivity index (χ1) is 12.1. The van der Waals surface area contributed by atoms with E-state index in [1.807, 2.05) is 24.3 Å². The lowest BCUT2D eigenvalue weighted by atomic mass is 10.1. The number of amides is 1. The van der Waals surface area contributed by atoms with Crippen molar-refractivity contribution < 1.29 is 23.0 Å². The smallest absolute Gasteiger partial charge is 0.387 e. The van der Waals surface area contributed by atoms with Crippen LogP contribution in [0.1, 0.15) is 15.9 Å². The fourth-order valence-corrected chi connectivity index (χ4v) is 2.11. The number of anilines is 1. The van der Waals surface area contributed by atoms with Gasteiger partial charge in [-0.25, -0.2) is 0 Å². The molecule has 0 fully saturated rings. The minimum atomic E-state index is -2.88. The second-order valence-electron chi connectivity index (χ2n) is 5.20. The zero-order chi connectivity index (χ0) is 18.1. The molecule has 7 heteroatoms. The van der Waals surface area contributed by atoms with Gasteiger partial charge < -0.3 is 20.1 Å². The Balaban J connectivity index is 1.82. The van der Waals surface area contributed by atoms with E-state index in [2.05, 4.69) is 15.4 Å². The Morgan fingerprint density at radius 1 is 1.08 bits per heavy atom. The summed E-state index contributed by atoms with van der Waals surface area (Å²) in [5.74, 6) is -0.269. The average Bonchev–Trinajstić information content (AvgIpc) is 2.61. The fourth-order valence-electron chi connectivity index (χ4n) is 2.11. The second kappa shape index (κ2) is 9.58.